The summed E-state index contributed by atoms with van der Waals surface area (Å²) >= 11 is 1.63. The number of hydrogen-bond acceptors (Lipinski definition) is 3. The minimum atomic E-state index is 0.114. The Labute approximate surface area is 90.8 Å². The number of carbonyl (C=O) groups excluding carboxylic acids is 1. The molecule has 0 unspecified atom stereocenters. The molecule has 0 aromatic heterocycles. The Morgan fingerprint density at radius 1 is 1.36 bits per heavy atom. The Morgan fingerprint density at radius 3 is 2.36 bits per heavy atom. The summed E-state index contributed by atoms with van der Waals surface area (Å²) in [6.45, 7) is 9.11. The first-order valence-corrected chi connectivity index (χ1v) is 6.51. The first-order valence-electron chi connectivity index (χ1n) is 5.23. The van der Waals surface area contributed by atoms with E-state index in [1.807, 2.05) is 18.1 Å². The van der Waals surface area contributed by atoms with Crippen molar-refractivity contribution < 1.29 is 4.79 Å². The topological polar surface area (TPSA) is 23.6 Å². The van der Waals surface area contributed by atoms with Gasteiger partial charge in [-0.15, -0.1) is 0 Å². The molecule has 1 aliphatic heterocycles. The zero-order valence-corrected chi connectivity index (χ0v) is 10.1. The molecule has 1 saturated heterocycles. The molecule has 0 bridgehead atoms. The van der Waals surface area contributed by atoms with Crippen LogP contribution in [0.15, 0.2) is 0 Å². The number of piperazine rings is 1. The van der Waals surface area contributed by atoms with Crippen molar-refractivity contribution in [3.05, 3.63) is 0 Å². The molecule has 0 radical (unpaired) electrons. The number of carbonyl (C=O) groups is 1. The van der Waals surface area contributed by atoms with Gasteiger partial charge in [0, 0.05) is 26.2 Å². The number of thioether (sulfide) groups is 1. The second-order valence-corrected chi connectivity index (χ2v) is 4.82. The summed E-state index contributed by atoms with van der Waals surface area (Å²) in [4.78, 5) is 16.2. The molecule has 0 N–H and O–H groups in total. The van der Waals surface area contributed by atoms with Crippen LogP contribution in [-0.2, 0) is 4.79 Å². The number of likely N-dealkylation sites (N-methyl/N-ethyl adjacent to an activating group) is 1. The maximum absolute atomic E-state index is 11.8. The summed E-state index contributed by atoms with van der Waals surface area (Å²) in [6.07, 6.45) is 1.99. The van der Waals surface area contributed by atoms with Crippen molar-refractivity contribution in [2.45, 2.75) is 19.1 Å². The molecule has 0 spiro atoms. The predicted octanol–water partition coefficient (Wildman–Crippen LogP) is 0.902. The van der Waals surface area contributed by atoms with E-state index in [0.29, 0.717) is 5.91 Å². The van der Waals surface area contributed by atoms with Crippen molar-refractivity contribution in [1.29, 1.82) is 0 Å². The van der Waals surface area contributed by atoms with E-state index in [4.69, 9.17) is 0 Å². The van der Waals surface area contributed by atoms with Crippen LogP contribution in [0.5, 0.6) is 0 Å². The molecule has 0 aliphatic carbocycles. The average molecular weight is 216 g/mol. The fraction of sp³-hybridized carbons (Fsp3) is 0.900. The van der Waals surface area contributed by atoms with Gasteiger partial charge in [-0.1, -0.05) is 6.92 Å². The quantitative estimate of drug-likeness (QED) is 0.700. The lowest BCUT2D eigenvalue weighted by Crippen LogP contribution is -2.50. The third kappa shape index (κ3) is 2.89. The summed E-state index contributed by atoms with van der Waals surface area (Å²) in [5, 5.41) is 0.114. The van der Waals surface area contributed by atoms with Gasteiger partial charge in [0.25, 0.3) is 0 Å². The molecular weight excluding hydrogens is 196 g/mol. The normalized spacial score (nSPS) is 20.9. The van der Waals surface area contributed by atoms with Crippen molar-refractivity contribution in [2.24, 2.45) is 0 Å². The highest BCUT2D eigenvalue weighted by molar-refractivity contribution is 7.99. The molecule has 1 rings (SSSR count). The number of hydrogen-bond donors (Lipinski definition) is 0. The fourth-order valence-electron chi connectivity index (χ4n) is 1.64. The van der Waals surface area contributed by atoms with E-state index in [1.54, 1.807) is 11.8 Å². The van der Waals surface area contributed by atoms with Gasteiger partial charge in [0.1, 0.15) is 0 Å². The van der Waals surface area contributed by atoms with Crippen molar-refractivity contribution >= 4 is 17.7 Å². The second kappa shape index (κ2) is 5.61. The molecular formula is C10H20N2OS. The van der Waals surface area contributed by atoms with Crippen LogP contribution < -0.4 is 0 Å². The average Bonchev–Trinajstić information content (AvgIpc) is 2.27. The monoisotopic (exact) mass is 216 g/mol. The van der Waals surface area contributed by atoms with E-state index in [2.05, 4.69) is 11.8 Å². The van der Waals surface area contributed by atoms with Crippen LogP contribution in [0.25, 0.3) is 0 Å². The summed E-state index contributed by atoms with van der Waals surface area (Å²) in [5.74, 6) is 0.299. The Morgan fingerprint density at radius 2 is 1.93 bits per heavy atom. The molecule has 1 atom stereocenters. The van der Waals surface area contributed by atoms with Gasteiger partial charge in [0.15, 0.2) is 0 Å². The van der Waals surface area contributed by atoms with Crippen LogP contribution in [0.3, 0.4) is 0 Å². The lowest BCUT2D eigenvalue weighted by atomic mass is 10.3. The van der Waals surface area contributed by atoms with E-state index >= 15 is 0 Å². The van der Waals surface area contributed by atoms with E-state index in [-0.39, 0.29) is 5.25 Å². The molecule has 1 amide bonds. The van der Waals surface area contributed by atoms with Gasteiger partial charge in [-0.25, -0.2) is 0 Å². The number of amides is 1. The van der Waals surface area contributed by atoms with Crippen LogP contribution in [0.1, 0.15) is 13.8 Å². The lowest BCUT2D eigenvalue weighted by molar-refractivity contribution is -0.132. The van der Waals surface area contributed by atoms with E-state index in [0.717, 1.165) is 32.7 Å². The highest BCUT2D eigenvalue weighted by Crippen LogP contribution is 2.11. The maximum Gasteiger partial charge on any atom is 0.235 e. The molecule has 1 aliphatic rings. The molecule has 14 heavy (non-hydrogen) atoms. The highest BCUT2D eigenvalue weighted by Gasteiger charge is 2.23. The summed E-state index contributed by atoms with van der Waals surface area (Å²) in [7, 11) is 0. The van der Waals surface area contributed by atoms with Crippen LogP contribution >= 0.6 is 11.8 Å². The Kier molecular flexibility index (Phi) is 4.75. The van der Waals surface area contributed by atoms with Crippen molar-refractivity contribution in [3.8, 4) is 0 Å². The molecule has 82 valence electrons. The molecule has 0 aromatic carbocycles. The lowest BCUT2D eigenvalue weighted by Gasteiger charge is -2.35. The maximum atomic E-state index is 11.8. The van der Waals surface area contributed by atoms with Gasteiger partial charge < -0.3 is 9.80 Å². The summed E-state index contributed by atoms with van der Waals surface area (Å²) in [5.41, 5.74) is 0. The molecule has 0 saturated carbocycles. The zero-order chi connectivity index (χ0) is 10.6. The third-order valence-corrected chi connectivity index (χ3v) is 3.74. The van der Waals surface area contributed by atoms with E-state index in [9.17, 15) is 4.79 Å². The number of nitrogens with zero attached hydrogens (tertiary/aromatic N) is 2. The van der Waals surface area contributed by atoms with Crippen molar-refractivity contribution in [3.63, 3.8) is 0 Å². The molecule has 3 nitrogen and oxygen atoms in total. The Hall–Kier alpha value is -0.220. The smallest absolute Gasteiger partial charge is 0.235 e. The largest absolute Gasteiger partial charge is 0.339 e. The van der Waals surface area contributed by atoms with E-state index in [1.165, 1.54) is 0 Å². The number of rotatable bonds is 3. The zero-order valence-electron chi connectivity index (χ0n) is 9.32. The van der Waals surface area contributed by atoms with Gasteiger partial charge in [-0.3, -0.25) is 4.79 Å². The van der Waals surface area contributed by atoms with Gasteiger partial charge in [-0.2, -0.15) is 11.8 Å². The third-order valence-electron chi connectivity index (χ3n) is 2.83. The van der Waals surface area contributed by atoms with Crippen molar-refractivity contribution in [2.75, 3.05) is 39.0 Å². The Balaban J connectivity index is 2.37. The van der Waals surface area contributed by atoms with Gasteiger partial charge in [-0.05, 0) is 19.7 Å². The van der Waals surface area contributed by atoms with Crippen LogP contribution in [-0.4, -0.2) is 59.9 Å². The standard InChI is InChI=1S/C10H20N2OS/c1-4-11-5-7-12(8-6-11)10(13)9(2)14-3/h9H,4-8H2,1-3H3/t9-/m1/s1. The van der Waals surface area contributed by atoms with Crippen LogP contribution in [0, 0.1) is 0 Å². The van der Waals surface area contributed by atoms with Gasteiger partial charge in [0.05, 0.1) is 5.25 Å². The predicted molar refractivity (Wildman–Crippen MR) is 61.7 cm³/mol. The first kappa shape index (κ1) is 11.9. The molecule has 1 heterocycles. The first-order chi connectivity index (χ1) is 6.69. The van der Waals surface area contributed by atoms with Gasteiger partial charge in [0.2, 0.25) is 5.91 Å². The van der Waals surface area contributed by atoms with E-state index < -0.39 is 0 Å². The summed E-state index contributed by atoms with van der Waals surface area (Å²) < 4.78 is 0. The van der Waals surface area contributed by atoms with Crippen LogP contribution in [0.4, 0.5) is 0 Å². The van der Waals surface area contributed by atoms with Crippen LogP contribution in [0.2, 0.25) is 0 Å². The SMILES string of the molecule is CCN1CCN(C(=O)[C@@H](C)SC)CC1. The highest BCUT2D eigenvalue weighted by atomic mass is 32.2. The van der Waals surface area contributed by atoms with Gasteiger partial charge >= 0.3 is 0 Å². The Bertz CT molecular complexity index is 191. The fourth-order valence-corrected chi connectivity index (χ4v) is 1.99. The summed E-state index contributed by atoms with van der Waals surface area (Å²) in [6, 6.07) is 0. The second-order valence-electron chi connectivity index (χ2n) is 3.64. The molecule has 4 heteroatoms. The minimum Gasteiger partial charge on any atom is -0.339 e. The molecule has 0 aromatic rings. The molecule has 1 fully saturated rings. The minimum absolute atomic E-state index is 0.114. The van der Waals surface area contributed by atoms with Crippen molar-refractivity contribution in [1.82, 2.24) is 9.80 Å².